The molecule has 1 aliphatic rings. The number of nitro benzene ring substituents is 1. The van der Waals surface area contributed by atoms with Gasteiger partial charge in [0, 0.05) is 43.5 Å². The Kier molecular flexibility index (Phi) is 8.03. The summed E-state index contributed by atoms with van der Waals surface area (Å²) >= 11 is 0. The molecule has 1 aliphatic heterocycles. The normalized spacial score (nSPS) is 16.0. The van der Waals surface area contributed by atoms with Gasteiger partial charge in [-0.15, -0.1) is 0 Å². The first-order chi connectivity index (χ1) is 16.6. The molecule has 1 unspecified atom stereocenters. The van der Waals surface area contributed by atoms with E-state index in [0.29, 0.717) is 18.8 Å². The Hall–Kier alpha value is -3.98. The number of esters is 1. The number of hydrogen-bond acceptors (Lipinski definition) is 7. The molecule has 3 rings (SSSR count). The van der Waals surface area contributed by atoms with Crippen molar-refractivity contribution in [2.45, 2.75) is 26.4 Å². The quantitative estimate of drug-likeness (QED) is 0.329. The maximum atomic E-state index is 13.3. The van der Waals surface area contributed by atoms with E-state index in [1.54, 1.807) is 31.9 Å². The van der Waals surface area contributed by atoms with Crippen LogP contribution in [0.1, 0.15) is 25.0 Å². The van der Waals surface area contributed by atoms with Crippen molar-refractivity contribution in [1.29, 1.82) is 0 Å². The Balaban J connectivity index is 1.92. The molecule has 0 radical (unpaired) electrons. The van der Waals surface area contributed by atoms with Crippen LogP contribution in [0.4, 0.5) is 5.69 Å². The standard InChI is InChI=1S/C26H29N3O6/c1-17-22(25(30)31)24(20-11-8-12-21(15-20)29(33)34)23(18(2)28(17)4)26(32)35-14-13-27(3)16-19-9-6-5-7-10-19/h5-12,15,18H,13-14,16H2,1-4H3,(H,30,31). The number of non-ortho nitro benzene ring substituents is 1. The molecule has 0 fully saturated rings. The molecule has 0 amide bonds. The Morgan fingerprint density at radius 2 is 1.86 bits per heavy atom. The first-order valence-corrected chi connectivity index (χ1v) is 11.2. The fraction of sp³-hybridized carbons (Fsp3) is 0.308. The summed E-state index contributed by atoms with van der Waals surface area (Å²) in [5, 5.41) is 21.3. The maximum Gasteiger partial charge on any atom is 0.338 e. The van der Waals surface area contributed by atoms with Crippen LogP contribution in [0.5, 0.6) is 0 Å². The Morgan fingerprint density at radius 1 is 1.17 bits per heavy atom. The van der Waals surface area contributed by atoms with Gasteiger partial charge < -0.3 is 14.7 Å². The average molecular weight is 480 g/mol. The van der Waals surface area contributed by atoms with Gasteiger partial charge in [-0.3, -0.25) is 15.0 Å². The Bertz CT molecular complexity index is 1190. The van der Waals surface area contributed by atoms with Gasteiger partial charge in [0.05, 0.1) is 22.1 Å². The smallest absolute Gasteiger partial charge is 0.338 e. The summed E-state index contributed by atoms with van der Waals surface area (Å²) in [7, 11) is 3.62. The van der Waals surface area contributed by atoms with E-state index >= 15 is 0 Å². The largest absolute Gasteiger partial charge is 0.478 e. The first-order valence-electron chi connectivity index (χ1n) is 11.2. The molecular weight excluding hydrogens is 450 g/mol. The molecule has 0 bridgehead atoms. The highest BCUT2D eigenvalue weighted by atomic mass is 16.6. The zero-order chi connectivity index (χ0) is 25.7. The van der Waals surface area contributed by atoms with Crippen molar-refractivity contribution in [1.82, 2.24) is 9.80 Å². The monoisotopic (exact) mass is 479 g/mol. The van der Waals surface area contributed by atoms with Crippen LogP contribution in [0.15, 0.2) is 71.4 Å². The molecule has 1 heterocycles. The van der Waals surface area contributed by atoms with Gasteiger partial charge in [-0.2, -0.15) is 0 Å². The molecule has 9 nitrogen and oxygen atoms in total. The van der Waals surface area contributed by atoms with Crippen molar-refractivity contribution in [2.24, 2.45) is 0 Å². The molecular formula is C26H29N3O6. The summed E-state index contributed by atoms with van der Waals surface area (Å²) in [5.41, 5.74) is 1.88. The highest BCUT2D eigenvalue weighted by molar-refractivity contribution is 6.14. The molecule has 0 aromatic heterocycles. The lowest BCUT2D eigenvalue weighted by molar-refractivity contribution is -0.384. The minimum absolute atomic E-state index is 0.0840. The second-order valence-corrected chi connectivity index (χ2v) is 8.51. The van der Waals surface area contributed by atoms with E-state index in [-0.39, 0.29) is 34.6 Å². The lowest BCUT2D eigenvalue weighted by Gasteiger charge is -2.36. The number of carboxylic acid groups (broad SMARTS) is 1. The maximum absolute atomic E-state index is 13.3. The van der Waals surface area contributed by atoms with E-state index in [9.17, 15) is 24.8 Å². The fourth-order valence-electron chi connectivity index (χ4n) is 4.14. The van der Waals surface area contributed by atoms with Gasteiger partial charge in [0.2, 0.25) is 0 Å². The van der Waals surface area contributed by atoms with Gasteiger partial charge in [0.25, 0.3) is 5.69 Å². The summed E-state index contributed by atoms with van der Waals surface area (Å²) in [6.45, 7) is 4.69. The van der Waals surface area contributed by atoms with Gasteiger partial charge >= 0.3 is 11.9 Å². The number of carboxylic acids is 1. The number of allylic oxidation sites excluding steroid dienone is 1. The molecule has 0 saturated carbocycles. The Morgan fingerprint density at radius 3 is 2.49 bits per heavy atom. The molecule has 1 atom stereocenters. The van der Waals surface area contributed by atoms with E-state index in [4.69, 9.17) is 4.74 Å². The third-order valence-electron chi connectivity index (χ3n) is 6.19. The molecule has 0 spiro atoms. The molecule has 9 heteroatoms. The van der Waals surface area contributed by atoms with Gasteiger partial charge in [0.1, 0.15) is 6.61 Å². The number of nitro groups is 1. The number of nitrogens with zero attached hydrogens (tertiary/aromatic N) is 3. The van der Waals surface area contributed by atoms with Crippen LogP contribution >= 0.6 is 0 Å². The summed E-state index contributed by atoms with van der Waals surface area (Å²) in [6.07, 6.45) is 0. The van der Waals surface area contributed by atoms with Crippen molar-refractivity contribution in [3.05, 3.63) is 92.7 Å². The van der Waals surface area contributed by atoms with Gasteiger partial charge in [-0.1, -0.05) is 42.5 Å². The summed E-state index contributed by atoms with van der Waals surface area (Å²) in [4.78, 5) is 40.0. The third-order valence-corrected chi connectivity index (χ3v) is 6.19. The van der Waals surface area contributed by atoms with Crippen LogP contribution in [0.3, 0.4) is 0 Å². The predicted octanol–water partition coefficient (Wildman–Crippen LogP) is 3.72. The Labute approximate surface area is 204 Å². The number of benzene rings is 2. The zero-order valence-corrected chi connectivity index (χ0v) is 20.2. The topological polar surface area (TPSA) is 113 Å². The molecule has 0 saturated heterocycles. The van der Waals surface area contributed by atoms with Crippen molar-refractivity contribution in [2.75, 3.05) is 27.2 Å². The molecule has 184 valence electrons. The van der Waals surface area contributed by atoms with Gasteiger partial charge in [-0.05, 0) is 32.0 Å². The minimum Gasteiger partial charge on any atom is -0.478 e. The van der Waals surface area contributed by atoms with E-state index in [2.05, 4.69) is 0 Å². The molecule has 2 aromatic carbocycles. The van der Waals surface area contributed by atoms with Gasteiger partial charge in [0.15, 0.2) is 0 Å². The summed E-state index contributed by atoms with van der Waals surface area (Å²) in [5.74, 6) is -1.87. The number of ether oxygens (including phenoxy) is 1. The van der Waals surface area contributed by atoms with Crippen LogP contribution < -0.4 is 0 Å². The van der Waals surface area contributed by atoms with Crippen molar-refractivity contribution < 1.29 is 24.4 Å². The minimum atomic E-state index is -1.23. The molecule has 0 aliphatic carbocycles. The van der Waals surface area contributed by atoms with Gasteiger partial charge in [-0.25, -0.2) is 9.59 Å². The van der Waals surface area contributed by atoms with Crippen LogP contribution in [0.25, 0.3) is 5.57 Å². The number of aliphatic carboxylic acids is 1. The van der Waals surface area contributed by atoms with E-state index in [1.807, 2.05) is 42.3 Å². The number of hydrogen-bond donors (Lipinski definition) is 1. The van der Waals surface area contributed by atoms with Crippen molar-refractivity contribution in [3.8, 4) is 0 Å². The highest BCUT2D eigenvalue weighted by Crippen LogP contribution is 2.39. The predicted molar refractivity (Wildman–Crippen MR) is 131 cm³/mol. The molecule has 2 aromatic rings. The van der Waals surface area contributed by atoms with E-state index < -0.39 is 22.9 Å². The second kappa shape index (κ2) is 11.0. The van der Waals surface area contributed by atoms with E-state index in [0.717, 1.165) is 5.56 Å². The van der Waals surface area contributed by atoms with Crippen LogP contribution in [-0.2, 0) is 20.9 Å². The molecule has 35 heavy (non-hydrogen) atoms. The van der Waals surface area contributed by atoms with Crippen LogP contribution in [0, 0.1) is 10.1 Å². The average Bonchev–Trinajstić information content (AvgIpc) is 2.82. The first kappa shape index (κ1) is 25.6. The number of carbonyl (C=O) groups excluding carboxylic acids is 1. The van der Waals surface area contributed by atoms with Crippen LogP contribution in [-0.4, -0.2) is 65.1 Å². The number of carbonyl (C=O) groups is 2. The van der Waals surface area contributed by atoms with Crippen molar-refractivity contribution in [3.63, 3.8) is 0 Å². The summed E-state index contributed by atoms with van der Waals surface area (Å²) in [6, 6.07) is 15.0. The number of rotatable bonds is 9. The van der Waals surface area contributed by atoms with Crippen LogP contribution in [0.2, 0.25) is 0 Å². The van der Waals surface area contributed by atoms with Crippen molar-refractivity contribution >= 4 is 23.2 Å². The zero-order valence-electron chi connectivity index (χ0n) is 20.2. The summed E-state index contributed by atoms with van der Waals surface area (Å²) < 4.78 is 5.59. The fourth-order valence-corrected chi connectivity index (χ4v) is 4.14. The highest BCUT2D eigenvalue weighted by Gasteiger charge is 2.37. The third kappa shape index (κ3) is 5.75. The number of likely N-dealkylation sites (N-methyl/N-ethyl adjacent to an activating group) is 2. The lowest BCUT2D eigenvalue weighted by atomic mass is 9.84. The SMILES string of the molecule is CC1=C(C(=O)O)C(c2cccc([N+](=O)[O-])c2)=C(C(=O)OCCN(C)Cc2ccccc2)C(C)N1C. The molecule has 1 N–H and O–H groups in total. The lowest BCUT2D eigenvalue weighted by Crippen LogP contribution is -2.39. The van der Waals surface area contributed by atoms with E-state index in [1.165, 1.54) is 18.2 Å². The second-order valence-electron chi connectivity index (χ2n) is 8.51.